The number of carbonyl (C=O) groups excluding carboxylic acids is 1. The molecule has 1 aliphatic rings. The lowest BCUT2D eigenvalue weighted by molar-refractivity contribution is 0.0311. The molecule has 1 aliphatic heterocycles. The SMILES string of the molecule is CN1CCN(C(=O)c2cc(O)ccc2Cl)CC1(C)C. The molecular weight excluding hydrogens is 264 g/mol. The van der Waals surface area contributed by atoms with Gasteiger partial charge >= 0.3 is 0 Å². The molecule has 1 saturated heterocycles. The van der Waals surface area contributed by atoms with Crippen molar-refractivity contribution >= 4 is 17.5 Å². The van der Waals surface area contributed by atoms with E-state index in [0.29, 0.717) is 23.7 Å². The van der Waals surface area contributed by atoms with Crippen LogP contribution in [0.15, 0.2) is 18.2 Å². The number of piperazine rings is 1. The summed E-state index contributed by atoms with van der Waals surface area (Å²) in [5, 5.41) is 9.87. The van der Waals surface area contributed by atoms with E-state index in [0.717, 1.165) is 6.54 Å². The maximum atomic E-state index is 12.5. The van der Waals surface area contributed by atoms with E-state index in [1.165, 1.54) is 12.1 Å². The summed E-state index contributed by atoms with van der Waals surface area (Å²) < 4.78 is 0. The van der Waals surface area contributed by atoms with E-state index >= 15 is 0 Å². The number of phenols is 1. The Labute approximate surface area is 118 Å². The summed E-state index contributed by atoms with van der Waals surface area (Å²) in [6.07, 6.45) is 0. The molecule has 2 rings (SSSR count). The Balaban J connectivity index is 2.23. The van der Waals surface area contributed by atoms with E-state index in [9.17, 15) is 9.90 Å². The van der Waals surface area contributed by atoms with Gasteiger partial charge in [-0.3, -0.25) is 9.69 Å². The van der Waals surface area contributed by atoms with Gasteiger partial charge in [0.1, 0.15) is 5.75 Å². The van der Waals surface area contributed by atoms with Gasteiger partial charge in [0.15, 0.2) is 0 Å². The van der Waals surface area contributed by atoms with E-state index in [2.05, 4.69) is 25.8 Å². The second-order valence-electron chi connectivity index (χ2n) is 5.62. The third-order valence-corrected chi connectivity index (χ3v) is 4.11. The Morgan fingerprint density at radius 2 is 2.05 bits per heavy atom. The molecule has 1 aromatic carbocycles. The standard InChI is InChI=1S/C14H19ClN2O2/c1-14(2)9-17(7-6-16(14)3)13(19)11-8-10(18)4-5-12(11)15/h4-5,8,18H,6-7,9H2,1-3H3. The monoisotopic (exact) mass is 282 g/mol. The predicted octanol–water partition coefficient (Wildman–Crippen LogP) is 2.21. The number of rotatable bonds is 1. The van der Waals surface area contributed by atoms with Gasteiger partial charge in [0.25, 0.3) is 5.91 Å². The van der Waals surface area contributed by atoms with Gasteiger partial charge in [0.05, 0.1) is 10.6 Å². The fourth-order valence-corrected chi connectivity index (χ4v) is 2.46. The molecule has 0 spiro atoms. The van der Waals surface area contributed by atoms with Crippen LogP contribution in [0, 0.1) is 0 Å². The summed E-state index contributed by atoms with van der Waals surface area (Å²) in [6.45, 7) is 6.36. The molecule has 1 heterocycles. The number of carbonyl (C=O) groups is 1. The largest absolute Gasteiger partial charge is 0.508 e. The van der Waals surface area contributed by atoms with Crippen LogP contribution in [0.4, 0.5) is 0 Å². The number of hydrogen-bond acceptors (Lipinski definition) is 3. The molecule has 4 nitrogen and oxygen atoms in total. The predicted molar refractivity (Wildman–Crippen MR) is 75.7 cm³/mol. The zero-order valence-electron chi connectivity index (χ0n) is 11.5. The average molecular weight is 283 g/mol. The Hall–Kier alpha value is -1.26. The van der Waals surface area contributed by atoms with Crippen LogP contribution in [0.5, 0.6) is 5.75 Å². The number of phenolic OH excluding ortho intramolecular Hbond substituents is 1. The number of aromatic hydroxyl groups is 1. The van der Waals surface area contributed by atoms with Crippen LogP contribution >= 0.6 is 11.6 Å². The molecule has 1 fully saturated rings. The summed E-state index contributed by atoms with van der Waals surface area (Å²) in [5.41, 5.74) is 0.305. The number of likely N-dealkylation sites (N-methyl/N-ethyl adjacent to an activating group) is 1. The molecule has 0 aromatic heterocycles. The Bertz CT molecular complexity index is 502. The van der Waals surface area contributed by atoms with Gasteiger partial charge in [-0.25, -0.2) is 0 Å². The van der Waals surface area contributed by atoms with Gasteiger partial charge in [-0.2, -0.15) is 0 Å². The van der Waals surface area contributed by atoms with E-state index in [-0.39, 0.29) is 17.2 Å². The van der Waals surface area contributed by atoms with Gasteiger partial charge < -0.3 is 10.0 Å². The van der Waals surface area contributed by atoms with Crippen molar-refractivity contribution < 1.29 is 9.90 Å². The quantitative estimate of drug-likeness (QED) is 0.859. The minimum atomic E-state index is -0.123. The zero-order chi connectivity index (χ0) is 14.2. The van der Waals surface area contributed by atoms with E-state index in [1.54, 1.807) is 11.0 Å². The molecule has 104 valence electrons. The highest BCUT2D eigenvalue weighted by atomic mass is 35.5. The molecule has 19 heavy (non-hydrogen) atoms. The van der Waals surface area contributed by atoms with Crippen molar-refractivity contribution in [3.63, 3.8) is 0 Å². The molecule has 0 atom stereocenters. The van der Waals surface area contributed by atoms with Crippen molar-refractivity contribution in [1.29, 1.82) is 0 Å². The third kappa shape index (κ3) is 2.85. The van der Waals surface area contributed by atoms with E-state index < -0.39 is 0 Å². The van der Waals surface area contributed by atoms with Gasteiger partial charge in [0.2, 0.25) is 0 Å². The van der Waals surface area contributed by atoms with Crippen molar-refractivity contribution in [1.82, 2.24) is 9.80 Å². The molecule has 1 amide bonds. The van der Waals surface area contributed by atoms with Gasteiger partial charge in [0, 0.05) is 25.2 Å². The molecule has 1 aromatic rings. The summed E-state index contributed by atoms with van der Waals surface area (Å²) in [7, 11) is 2.06. The maximum Gasteiger partial charge on any atom is 0.255 e. The Kier molecular flexibility index (Phi) is 3.74. The van der Waals surface area contributed by atoms with Crippen LogP contribution in [0.1, 0.15) is 24.2 Å². The summed E-state index contributed by atoms with van der Waals surface area (Å²) >= 11 is 6.04. The first-order chi connectivity index (χ1) is 8.81. The lowest BCUT2D eigenvalue weighted by Crippen LogP contribution is -2.58. The van der Waals surface area contributed by atoms with Crippen molar-refractivity contribution in [3.8, 4) is 5.75 Å². The normalized spacial score (nSPS) is 19.5. The fourth-order valence-electron chi connectivity index (χ4n) is 2.26. The minimum absolute atomic E-state index is 0.0566. The molecule has 0 aliphatic carbocycles. The lowest BCUT2D eigenvalue weighted by atomic mass is 9.99. The van der Waals surface area contributed by atoms with Gasteiger partial charge in [-0.15, -0.1) is 0 Å². The number of halogens is 1. The number of hydrogen-bond donors (Lipinski definition) is 1. The highest BCUT2D eigenvalue weighted by Gasteiger charge is 2.34. The third-order valence-electron chi connectivity index (χ3n) is 3.78. The van der Waals surface area contributed by atoms with Crippen molar-refractivity contribution in [2.45, 2.75) is 19.4 Å². The molecule has 0 unspecified atom stereocenters. The summed E-state index contributed by atoms with van der Waals surface area (Å²) in [6, 6.07) is 4.45. The minimum Gasteiger partial charge on any atom is -0.508 e. The van der Waals surface area contributed by atoms with Crippen molar-refractivity contribution in [3.05, 3.63) is 28.8 Å². The molecule has 5 heteroatoms. The van der Waals surface area contributed by atoms with Gasteiger partial charge in [-0.05, 0) is 39.1 Å². The average Bonchev–Trinajstić information content (AvgIpc) is 2.35. The van der Waals surface area contributed by atoms with E-state index in [1.807, 2.05) is 0 Å². The molecule has 0 bridgehead atoms. The van der Waals surface area contributed by atoms with Crippen LogP contribution in [-0.2, 0) is 0 Å². The van der Waals surface area contributed by atoms with Crippen LogP contribution in [-0.4, -0.2) is 53.0 Å². The number of amides is 1. The first-order valence-corrected chi connectivity index (χ1v) is 6.68. The number of nitrogens with zero attached hydrogens (tertiary/aromatic N) is 2. The van der Waals surface area contributed by atoms with Gasteiger partial charge in [-0.1, -0.05) is 11.6 Å². The van der Waals surface area contributed by atoms with Crippen LogP contribution in [0.2, 0.25) is 5.02 Å². The molecule has 0 saturated carbocycles. The first kappa shape index (κ1) is 14.2. The second kappa shape index (κ2) is 5.02. The van der Waals surface area contributed by atoms with Crippen LogP contribution in [0.25, 0.3) is 0 Å². The van der Waals surface area contributed by atoms with Crippen molar-refractivity contribution in [2.24, 2.45) is 0 Å². The molecule has 1 N–H and O–H groups in total. The first-order valence-electron chi connectivity index (χ1n) is 6.30. The molecule has 0 radical (unpaired) electrons. The topological polar surface area (TPSA) is 43.8 Å². The van der Waals surface area contributed by atoms with Crippen LogP contribution in [0.3, 0.4) is 0 Å². The Morgan fingerprint density at radius 1 is 1.37 bits per heavy atom. The summed E-state index contributed by atoms with van der Waals surface area (Å²) in [4.78, 5) is 16.5. The Morgan fingerprint density at radius 3 is 2.68 bits per heavy atom. The van der Waals surface area contributed by atoms with Crippen molar-refractivity contribution in [2.75, 3.05) is 26.7 Å². The highest BCUT2D eigenvalue weighted by molar-refractivity contribution is 6.33. The number of benzene rings is 1. The molecular formula is C14H19ClN2O2. The summed E-state index contributed by atoms with van der Waals surface area (Å²) in [5.74, 6) is -0.0665. The second-order valence-corrected chi connectivity index (χ2v) is 6.03. The highest BCUT2D eigenvalue weighted by Crippen LogP contribution is 2.25. The van der Waals surface area contributed by atoms with E-state index in [4.69, 9.17) is 11.6 Å². The zero-order valence-corrected chi connectivity index (χ0v) is 12.2. The fraction of sp³-hybridized carbons (Fsp3) is 0.500. The van der Waals surface area contributed by atoms with Crippen LogP contribution < -0.4 is 0 Å². The lowest BCUT2D eigenvalue weighted by Gasteiger charge is -2.45. The smallest absolute Gasteiger partial charge is 0.255 e. The maximum absolute atomic E-state index is 12.5.